The van der Waals surface area contributed by atoms with E-state index in [0.717, 1.165) is 11.5 Å². The average molecular weight is 245 g/mol. The fraction of sp³-hybridized carbons (Fsp3) is 0.400. The lowest BCUT2D eigenvalue weighted by Crippen LogP contribution is -2.16. The van der Waals surface area contributed by atoms with Crippen LogP contribution in [0, 0.1) is 0 Å². The van der Waals surface area contributed by atoms with Crippen LogP contribution in [-0.2, 0) is 15.8 Å². The Hall–Kier alpha value is -0.520. The molecule has 0 saturated carbocycles. The molecule has 2 N–H and O–H groups in total. The van der Waals surface area contributed by atoms with E-state index in [-0.39, 0.29) is 5.75 Å². The van der Waals surface area contributed by atoms with Gasteiger partial charge >= 0.3 is 0 Å². The molecular weight excluding hydrogens is 230 g/mol. The van der Waals surface area contributed by atoms with Crippen LogP contribution in [0.1, 0.15) is 12.0 Å². The molecule has 1 rings (SSSR count). The Bertz CT molecular complexity index is 376. The van der Waals surface area contributed by atoms with E-state index in [9.17, 15) is 8.42 Å². The summed E-state index contributed by atoms with van der Waals surface area (Å²) in [6.45, 7) is 0. The predicted octanol–water partition coefficient (Wildman–Crippen LogP) is 1.60. The van der Waals surface area contributed by atoms with Crippen molar-refractivity contribution in [3.63, 3.8) is 0 Å². The van der Waals surface area contributed by atoms with Gasteiger partial charge in [0, 0.05) is 5.75 Å². The second-order valence-electron chi connectivity index (χ2n) is 3.26. The van der Waals surface area contributed by atoms with Crippen LogP contribution in [0.2, 0.25) is 0 Å². The molecule has 0 fully saturated rings. The van der Waals surface area contributed by atoms with Gasteiger partial charge in [0.2, 0.25) is 10.0 Å². The lowest BCUT2D eigenvalue weighted by atomic mass is 10.2. The number of nitrogens with two attached hydrogens (primary N) is 1. The van der Waals surface area contributed by atoms with Crippen molar-refractivity contribution in [3.05, 3.63) is 35.9 Å². The average Bonchev–Trinajstić information content (AvgIpc) is 2.17. The summed E-state index contributed by atoms with van der Waals surface area (Å²) < 4.78 is 21.3. The zero-order valence-corrected chi connectivity index (χ0v) is 10.1. The van der Waals surface area contributed by atoms with Crippen LogP contribution in [0.4, 0.5) is 0 Å². The SMILES string of the molecule is NS(=O)(=O)CCCSCc1ccccc1. The molecule has 0 bridgehead atoms. The molecule has 0 aliphatic rings. The summed E-state index contributed by atoms with van der Waals surface area (Å²) in [5.74, 6) is 1.82. The van der Waals surface area contributed by atoms with Gasteiger partial charge in [0.15, 0.2) is 0 Å². The van der Waals surface area contributed by atoms with E-state index < -0.39 is 10.0 Å². The normalized spacial score (nSPS) is 11.5. The van der Waals surface area contributed by atoms with Crippen molar-refractivity contribution in [2.45, 2.75) is 12.2 Å². The smallest absolute Gasteiger partial charge is 0.209 e. The van der Waals surface area contributed by atoms with Gasteiger partial charge < -0.3 is 0 Å². The van der Waals surface area contributed by atoms with E-state index >= 15 is 0 Å². The second kappa shape index (κ2) is 6.15. The van der Waals surface area contributed by atoms with Gasteiger partial charge in [-0.15, -0.1) is 0 Å². The van der Waals surface area contributed by atoms with Gasteiger partial charge in [-0.1, -0.05) is 30.3 Å². The van der Waals surface area contributed by atoms with E-state index in [2.05, 4.69) is 12.1 Å². The molecule has 0 unspecified atom stereocenters. The van der Waals surface area contributed by atoms with Crippen molar-refractivity contribution in [1.29, 1.82) is 0 Å². The summed E-state index contributed by atoms with van der Waals surface area (Å²) in [4.78, 5) is 0. The van der Waals surface area contributed by atoms with Crippen LogP contribution >= 0.6 is 11.8 Å². The number of primary sulfonamides is 1. The Balaban J connectivity index is 2.13. The van der Waals surface area contributed by atoms with Crippen molar-refractivity contribution >= 4 is 21.8 Å². The molecule has 0 aliphatic carbocycles. The highest BCUT2D eigenvalue weighted by atomic mass is 32.2. The van der Waals surface area contributed by atoms with E-state index in [4.69, 9.17) is 5.14 Å². The lowest BCUT2D eigenvalue weighted by Gasteiger charge is -2.01. The van der Waals surface area contributed by atoms with E-state index in [1.165, 1.54) is 5.56 Å². The topological polar surface area (TPSA) is 60.2 Å². The third kappa shape index (κ3) is 6.54. The molecule has 0 amide bonds. The molecular formula is C10H15NO2S2. The second-order valence-corrected chi connectivity index (χ2v) is 6.10. The predicted molar refractivity (Wildman–Crippen MR) is 65.2 cm³/mol. The minimum absolute atomic E-state index is 0.0782. The Morgan fingerprint density at radius 1 is 1.20 bits per heavy atom. The van der Waals surface area contributed by atoms with Gasteiger partial charge in [-0.2, -0.15) is 11.8 Å². The highest BCUT2D eigenvalue weighted by Crippen LogP contribution is 2.12. The summed E-state index contributed by atoms with van der Waals surface area (Å²) >= 11 is 1.73. The molecule has 1 aromatic rings. The first-order valence-corrected chi connectivity index (χ1v) is 7.57. The summed E-state index contributed by atoms with van der Waals surface area (Å²) in [7, 11) is -3.28. The van der Waals surface area contributed by atoms with Crippen molar-refractivity contribution < 1.29 is 8.42 Å². The minimum Gasteiger partial charge on any atom is -0.229 e. The highest BCUT2D eigenvalue weighted by Gasteiger charge is 2.01. The van der Waals surface area contributed by atoms with Gasteiger partial charge in [-0.05, 0) is 17.7 Å². The summed E-state index contributed by atoms with van der Waals surface area (Å²) in [5.41, 5.74) is 1.26. The zero-order chi connectivity index (χ0) is 11.1. The standard InChI is InChI=1S/C10H15NO2S2/c11-15(12,13)8-4-7-14-9-10-5-2-1-3-6-10/h1-3,5-6H,4,7-9H2,(H2,11,12,13). The fourth-order valence-electron chi connectivity index (χ4n) is 1.13. The zero-order valence-electron chi connectivity index (χ0n) is 8.43. The molecule has 0 aliphatic heterocycles. The Kier molecular flexibility index (Phi) is 5.14. The van der Waals surface area contributed by atoms with Gasteiger partial charge in [0.05, 0.1) is 5.75 Å². The number of rotatable bonds is 6. The first-order chi connectivity index (χ1) is 7.08. The van der Waals surface area contributed by atoms with Gasteiger partial charge in [-0.25, -0.2) is 13.6 Å². The molecule has 0 heterocycles. The van der Waals surface area contributed by atoms with Gasteiger partial charge in [-0.3, -0.25) is 0 Å². The van der Waals surface area contributed by atoms with E-state index in [0.29, 0.717) is 6.42 Å². The molecule has 0 radical (unpaired) electrons. The van der Waals surface area contributed by atoms with Gasteiger partial charge in [0.1, 0.15) is 0 Å². The van der Waals surface area contributed by atoms with Crippen LogP contribution in [0.25, 0.3) is 0 Å². The largest absolute Gasteiger partial charge is 0.229 e. The molecule has 3 nitrogen and oxygen atoms in total. The third-order valence-corrected chi connectivity index (χ3v) is 3.80. The molecule has 0 saturated heterocycles. The lowest BCUT2D eigenvalue weighted by molar-refractivity contribution is 0.596. The number of sulfonamides is 1. The molecule has 0 spiro atoms. The highest BCUT2D eigenvalue weighted by molar-refractivity contribution is 7.98. The van der Waals surface area contributed by atoms with Crippen molar-refractivity contribution in [2.24, 2.45) is 5.14 Å². The quantitative estimate of drug-likeness (QED) is 0.774. The van der Waals surface area contributed by atoms with Crippen molar-refractivity contribution in [2.75, 3.05) is 11.5 Å². The Labute approximate surface area is 95.1 Å². The van der Waals surface area contributed by atoms with Crippen LogP contribution in [0.3, 0.4) is 0 Å². The maximum absolute atomic E-state index is 10.6. The first kappa shape index (κ1) is 12.5. The van der Waals surface area contributed by atoms with Crippen LogP contribution in [-0.4, -0.2) is 19.9 Å². The molecule has 0 atom stereocenters. The Morgan fingerprint density at radius 3 is 2.47 bits per heavy atom. The summed E-state index contributed by atoms with van der Waals surface area (Å²) in [5, 5.41) is 4.89. The maximum Gasteiger partial charge on any atom is 0.209 e. The van der Waals surface area contributed by atoms with Crippen LogP contribution in [0.15, 0.2) is 30.3 Å². The maximum atomic E-state index is 10.6. The molecule has 15 heavy (non-hydrogen) atoms. The number of hydrogen-bond donors (Lipinski definition) is 1. The number of benzene rings is 1. The molecule has 0 aromatic heterocycles. The van der Waals surface area contributed by atoms with Crippen LogP contribution < -0.4 is 5.14 Å². The first-order valence-electron chi connectivity index (χ1n) is 4.70. The number of hydrogen-bond acceptors (Lipinski definition) is 3. The molecule has 1 aromatic carbocycles. The summed E-state index contributed by atoms with van der Waals surface area (Å²) in [6.07, 6.45) is 0.621. The van der Waals surface area contributed by atoms with Crippen molar-refractivity contribution in [1.82, 2.24) is 0 Å². The fourth-order valence-corrected chi connectivity index (χ4v) is 2.78. The van der Waals surface area contributed by atoms with E-state index in [1.807, 2.05) is 18.2 Å². The van der Waals surface area contributed by atoms with Gasteiger partial charge in [0.25, 0.3) is 0 Å². The minimum atomic E-state index is -3.28. The van der Waals surface area contributed by atoms with Crippen LogP contribution in [0.5, 0.6) is 0 Å². The van der Waals surface area contributed by atoms with Crippen molar-refractivity contribution in [3.8, 4) is 0 Å². The number of thioether (sulfide) groups is 1. The Morgan fingerprint density at radius 2 is 1.87 bits per heavy atom. The van der Waals surface area contributed by atoms with E-state index in [1.54, 1.807) is 11.8 Å². The monoisotopic (exact) mass is 245 g/mol. The molecule has 5 heteroatoms. The third-order valence-electron chi connectivity index (χ3n) is 1.83. The summed E-state index contributed by atoms with van der Waals surface area (Å²) in [6, 6.07) is 10.1. The molecule has 84 valence electrons.